The zero-order valence-electron chi connectivity index (χ0n) is 12.5. The van der Waals surface area contributed by atoms with Crippen LogP contribution in [-0.4, -0.2) is 42.7 Å². The van der Waals surface area contributed by atoms with E-state index in [4.69, 9.17) is 5.11 Å². The van der Waals surface area contributed by atoms with Gasteiger partial charge in [-0.2, -0.15) is 0 Å². The predicted octanol–water partition coefficient (Wildman–Crippen LogP) is 2.70. The maximum Gasteiger partial charge on any atom is 0.238 e. The minimum atomic E-state index is -0.0861. The number of aliphatic hydroxyl groups excluding tert-OH is 1. The number of amides is 1. The first-order valence-corrected chi connectivity index (χ1v) is 7.92. The Hall–Kier alpha value is -1.82. The number of carbonyl (C=O) groups is 1. The molecule has 0 spiro atoms. The van der Waals surface area contributed by atoms with Gasteiger partial charge in [-0.3, -0.25) is 9.69 Å². The number of anilines is 1. The molecule has 0 aliphatic rings. The molecule has 2 rings (SSSR count). The van der Waals surface area contributed by atoms with Gasteiger partial charge < -0.3 is 10.4 Å². The lowest BCUT2D eigenvalue weighted by Gasteiger charge is -2.16. The van der Waals surface area contributed by atoms with Crippen molar-refractivity contribution < 1.29 is 9.90 Å². The van der Waals surface area contributed by atoms with Crippen molar-refractivity contribution >= 4 is 23.4 Å². The van der Waals surface area contributed by atoms with Crippen LogP contribution in [0.1, 0.15) is 0 Å². The van der Waals surface area contributed by atoms with Gasteiger partial charge in [0, 0.05) is 16.3 Å². The van der Waals surface area contributed by atoms with Crippen LogP contribution in [-0.2, 0) is 4.79 Å². The number of nitrogens with one attached hydrogen (secondary N) is 1. The van der Waals surface area contributed by atoms with Crippen LogP contribution in [0.2, 0.25) is 0 Å². The molecule has 0 saturated carbocycles. The molecule has 1 amide bonds. The maximum absolute atomic E-state index is 12.1. The normalized spacial score (nSPS) is 10.7. The fourth-order valence-electron chi connectivity index (χ4n) is 1.96. The average Bonchev–Trinajstić information content (AvgIpc) is 2.50. The molecule has 0 fully saturated rings. The molecule has 0 aliphatic heterocycles. The summed E-state index contributed by atoms with van der Waals surface area (Å²) in [5, 5.41) is 11.8. The van der Waals surface area contributed by atoms with E-state index < -0.39 is 0 Å². The van der Waals surface area contributed by atoms with Gasteiger partial charge in [-0.05, 0) is 31.3 Å². The van der Waals surface area contributed by atoms with E-state index in [1.165, 1.54) is 0 Å². The summed E-state index contributed by atoms with van der Waals surface area (Å²) in [5.41, 5.74) is 0.804. The topological polar surface area (TPSA) is 52.6 Å². The Morgan fingerprint density at radius 3 is 2.55 bits per heavy atom. The molecule has 2 aromatic carbocycles. The first-order valence-electron chi connectivity index (χ1n) is 7.10. The van der Waals surface area contributed by atoms with E-state index in [0.29, 0.717) is 6.54 Å². The van der Waals surface area contributed by atoms with Gasteiger partial charge in [0.2, 0.25) is 5.91 Å². The van der Waals surface area contributed by atoms with Crippen LogP contribution in [0.4, 0.5) is 5.69 Å². The van der Waals surface area contributed by atoms with Crippen molar-refractivity contribution in [3.05, 3.63) is 54.6 Å². The molecule has 0 aromatic heterocycles. The third-order valence-corrected chi connectivity index (χ3v) is 4.11. The number of likely N-dealkylation sites (N-methyl/N-ethyl adjacent to an activating group) is 1. The van der Waals surface area contributed by atoms with Crippen LogP contribution >= 0.6 is 11.8 Å². The Bertz CT molecular complexity index is 605. The Balaban J connectivity index is 2.03. The van der Waals surface area contributed by atoms with E-state index in [1.54, 1.807) is 23.7 Å². The third-order valence-electron chi connectivity index (χ3n) is 3.03. The zero-order valence-corrected chi connectivity index (χ0v) is 13.3. The number of para-hydroxylation sites is 1. The van der Waals surface area contributed by atoms with E-state index in [9.17, 15) is 4.79 Å². The highest BCUT2D eigenvalue weighted by atomic mass is 32.2. The Labute approximate surface area is 135 Å². The van der Waals surface area contributed by atoms with Gasteiger partial charge in [0.1, 0.15) is 0 Å². The summed E-state index contributed by atoms with van der Waals surface area (Å²) in [7, 11) is 1.81. The quantitative estimate of drug-likeness (QED) is 0.825. The number of benzene rings is 2. The van der Waals surface area contributed by atoms with E-state index in [0.717, 1.165) is 15.5 Å². The fraction of sp³-hybridized carbons (Fsp3) is 0.235. The molecule has 2 N–H and O–H groups in total. The van der Waals surface area contributed by atoms with E-state index in [2.05, 4.69) is 5.32 Å². The van der Waals surface area contributed by atoms with Crippen molar-refractivity contribution in [3.8, 4) is 0 Å². The second-order valence-corrected chi connectivity index (χ2v) is 6.04. The molecule has 0 aliphatic carbocycles. The molecule has 0 radical (unpaired) electrons. The molecular weight excluding hydrogens is 296 g/mol. The van der Waals surface area contributed by atoms with Crippen LogP contribution in [0.3, 0.4) is 0 Å². The van der Waals surface area contributed by atoms with Gasteiger partial charge in [-0.15, -0.1) is 0 Å². The van der Waals surface area contributed by atoms with Gasteiger partial charge in [-0.25, -0.2) is 0 Å². The van der Waals surface area contributed by atoms with E-state index >= 15 is 0 Å². The lowest BCUT2D eigenvalue weighted by atomic mass is 10.3. The van der Waals surface area contributed by atoms with Crippen molar-refractivity contribution in [2.24, 2.45) is 0 Å². The van der Waals surface area contributed by atoms with E-state index in [1.807, 2.05) is 54.6 Å². The summed E-state index contributed by atoms with van der Waals surface area (Å²) in [5.74, 6) is -0.0861. The zero-order chi connectivity index (χ0) is 15.8. The molecule has 22 heavy (non-hydrogen) atoms. The monoisotopic (exact) mass is 316 g/mol. The van der Waals surface area contributed by atoms with Gasteiger partial charge >= 0.3 is 0 Å². The molecule has 0 heterocycles. The summed E-state index contributed by atoms with van der Waals surface area (Å²) in [4.78, 5) is 16.0. The van der Waals surface area contributed by atoms with Crippen molar-refractivity contribution in [1.29, 1.82) is 0 Å². The van der Waals surface area contributed by atoms with Gasteiger partial charge in [0.05, 0.1) is 18.8 Å². The first kappa shape index (κ1) is 16.5. The Morgan fingerprint density at radius 2 is 1.82 bits per heavy atom. The van der Waals surface area contributed by atoms with Crippen LogP contribution in [0.5, 0.6) is 0 Å². The first-order chi connectivity index (χ1) is 10.7. The third kappa shape index (κ3) is 5.18. The minimum Gasteiger partial charge on any atom is -0.395 e. The Kier molecular flexibility index (Phi) is 6.45. The van der Waals surface area contributed by atoms with Gasteiger partial charge in [0.25, 0.3) is 0 Å². The van der Waals surface area contributed by atoms with Crippen molar-refractivity contribution in [2.75, 3.05) is 32.1 Å². The van der Waals surface area contributed by atoms with Crippen LogP contribution in [0.25, 0.3) is 0 Å². The van der Waals surface area contributed by atoms with Crippen molar-refractivity contribution in [3.63, 3.8) is 0 Å². The summed E-state index contributed by atoms with van der Waals surface area (Å²) in [6, 6.07) is 17.8. The second-order valence-electron chi connectivity index (χ2n) is 4.92. The molecule has 4 nitrogen and oxygen atoms in total. The summed E-state index contributed by atoms with van der Waals surface area (Å²) >= 11 is 1.62. The SMILES string of the molecule is CN(CCO)CC(=O)Nc1ccccc1Sc1ccccc1. The summed E-state index contributed by atoms with van der Waals surface area (Å²) < 4.78 is 0. The number of hydrogen-bond donors (Lipinski definition) is 2. The van der Waals surface area contributed by atoms with Crippen LogP contribution in [0.15, 0.2) is 64.4 Å². The molecule has 2 aromatic rings. The lowest BCUT2D eigenvalue weighted by molar-refractivity contribution is -0.117. The number of aliphatic hydroxyl groups is 1. The summed E-state index contributed by atoms with van der Waals surface area (Å²) in [6.07, 6.45) is 0. The Morgan fingerprint density at radius 1 is 1.14 bits per heavy atom. The lowest BCUT2D eigenvalue weighted by Crippen LogP contribution is -2.32. The largest absolute Gasteiger partial charge is 0.395 e. The maximum atomic E-state index is 12.1. The molecule has 0 saturated heterocycles. The highest BCUT2D eigenvalue weighted by molar-refractivity contribution is 7.99. The molecule has 0 bridgehead atoms. The van der Waals surface area contributed by atoms with Crippen molar-refractivity contribution in [2.45, 2.75) is 9.79 Å². The average molecular weight is 316 g/mol. The molecule has 0 unspecified atom stereocenters. The number of rotatable bonds is 7. The highest BCUT2D eigenvalue weighted by Crippen LogP contribution is 2.33. The molecular formula is C17H20N2O2S. The smallest absolute Gasteiger partial charge is 0.238 e. The number of hydrogen-bond acceptors (Lipinski definition) is 4. The number of nitrogens with zero attached hydrogens (tertiary/aromatic N) is 1. The summed E-state index contributed by atoms with van der Waals surface area (Å²) in [6.45, 7) is 0.781. The standard InChI is InChI=1S/C17H20N2O2S/c1-19(11-12-20)13-17(21)18-15-9-5-6-10-16(15)22-14-7-3-2-4-8-14/h2-10,20H,11-13H2,1H3,(H,18,21). The fourth-order valence-corrected chi connectivity index (χ4v) is 2.88. The predicted molar refractivity (Wildman–Crippen MR) is 90.2 cm³/mol. The van der Waals surface area contributed by atoms with Crippen molar-refractivity contribution in [1.82, 2.24) is 4.90 Å². The van der Waals surface area contributed by atoms with Gasteiger partial charge in [0.15, 0.2) is 0 Å². The molecule has 116 valence electrons. The highest BCUT2D eigenvalue weighted by Gasteiger charge is 2.09. The molecule has 5 heteroatoms. The molecule has 0 atom stereocenters. The van der Waals surface area contributed by atoms with E-state index in [-0.39, 0.29) is 19.1 Å². The van der Waals surface area contributed by atoms with Crippen LogP contribution < -0.4 is 5.32 Å². The van der Waals surface area contributed by atoms with Gasteiger partial charge in [-0.1, -0.05) is 42.1 Å². The second kappa shape index (κ2) is 8.58. The minimum absolute atomic E-state index is 0.0459. The number of carbonyl (C=O) groups excluding carboxylic acids is 1. The van der Waals surface area contributed by atoms with Crippen LogP contribution in [0, 0.1) is 0 Å².